The summed E-state index contributed by atoms with van der Waals surface area (Å²) < 4.78 is 0. The molecule has 1 aromatic rings. The van der Waals surface area contributed by atoms with Crippen LogP contribution in [-0.2, 0) is 14.4 Å². The highest BCUT2D eigenvalue weighted by Gasteiger charge is 2.40. The highest BCUT2D eigenvalue weighted by Crippen LogP contribution is 2.32. The molecule has 112 valence electrons. The number of anilines is 1. The molecule has 0 bridgehead atoms. The lowest BCUT2D eigenvalue weighted by atomic mass is 9.80. The SMILES string of the molecule is O=C(O)C(=O)NC(=O)C1(Nc2ccccc2)CCCCC1. The van der Waals surface area contributed by atoms with Gasteiger partial charge in [-0.1, -0.05) is 37.5 Å². The molecule has 0 saturated heterocycles. The minimum atomic E-state index is -1.66. The Kier molecular flexibility index (Phi) is 4.57. The second-order valence-electron chi connectivity index (χ2n) is 5.22. The van der Waals surface area contributed by atoms with Gasteiger partial charge in [-0.2, -0.15) is 0 Å². The molecule has 0 aliphatic heterocycles. The predicted molar refractivity (Wildman–Crippen MR) is 76.7 cm³/mol. The number of para-hydroxylation sites is 1. The van der Waals surface area contributed by atoms with Gasteiger partial charge in [-0.3, -0.25) is 14.9 Å². The maximum Gasteiger partial charge on any atom is 0.394 e. The monoisotopic (exact) mass is 290 g/mol. The van der Waals surface area contributed by atoms with Gasteiger partial charge in [-0.15, -0.1) is 0 Å². The number of hydrogen-bond donors (Lipinski definition) is 3. The Balaban J connectivity index is 2.18. The number of imide groups is 1. The molecule has 6 nitrogen and oxygen atoms in total. The van der Waals surface area contributed by atoms with Gasteiger partial charge in [0.05, 0.1) is 0 Å². The normalized spacial score (nSPS) is 16.8. The molecule has 1 aromatic carbocycles. The maximum absolute atomic E-state index is 12.4. The van der Waals surface area contributed by atoms with Crippen molar-refractivity contribution < 1.29 is 19.5 Å². The third kappa shape index (κ3) is 3.59. The smallest absolute Gasteiger partial charge is 0.394 e. The van der Waals surface area contributed by atoms with E-state index in [9.17, 15) is 14.4 Å². The van der Waals surface area contributed by atoms with E-state index >= 15 is 0 Å². The van der Waals surface area contributed by atoms with Crippen LogP contribution in [0.1, 0.15) is 32.1 Å². The Morgan fingerprint density at radius 1 is 1.00 bits per heavy atom. The van der Waals surface area contributed by atoms with Crippen molar-refractivity contribution in [3.05, 3.63) is 30.3 Å². The zero-order valence-electron chi connectivity index (χ0n) is 11.6. The third-order valence-electron chi connectivity index (χ3n) is 3.72. The topological polar surface area (TPSA) is 95.5 Å². The van der Waals surface area contributed by atoms with Gasteiger partial charge in [0, 0.05) is 5.69 Å². The van der Waals surface area contributed by atoms with Crippen molar-refractivity contribution in [1.82, 2.24) is 5.32 Å². The van der Waals surface area contributed by atoms with E-state index in [0.717, 1.165) is 24.9 Å². The van der Waals surface area contributed by atoms with Crippen molar-refractivity contribution in [2.45, 2.75) is 37.6 Å². The van der Waals surface area contributed by atoms with Gasteiger partial charge in [0.2, 0.25) is 0 Å². The Morgan fingerprint density at radius 3 is 2.19 bits per heavy atom. The second kappa shape index (κ2) is 6.39. The maximum atomic E-state index is 12.4. The molecule has 0 radical (unpaired) electrons. The predicted octanol–water partition coefficient (Wildman–Crippen LogP) is 1.53. The van der Waals surface area contributed by atoms with Crippen LogP contribution in [0.5, 0.6) is 0 Å². The molecule has 1 fully saturated rings. The first-order valence-corrected chi connectivity index (χ1v) is 6.95. The van der Waals surface area contributed by atoms with Crippen LogP contribution in [0.25, 0.3) is 0 Å². The summed E-state index contributed by atoms with van der Waals surface area (Å²) in [6.45, 7) is 0. The summed E-state index contributed by atoms with van der Waals surface area (Å²) in [5.74, 6) is -3.52. The number of carboxylic acid groups (broad SMARTS) is 1. The molecular formula is C15H18N2O4. The van der Waals surface area contributed by atoms with Gasteiger partial charge in [0.1, 0.15) is 5.54 Å². The lowest BCUT2D eigenvalue weighted by Crippen LogP contribution is -2.56. The van der Waals surface area contributed by atoms with Gasteiger partial charge in [0.15, 0.2) is 0 Å². The molecular weight excluding hydrogens is 272 g/mol. The quantitative estimate of drug-likeness (QED) is 0.734. The number of benzene rings is 1. The molecule has 1 saturated carbocycles. The van der Waals surface area contributed by atoms with Crippen LogP contribution in [0.15, 0.2) is 30.3 Å². The number of carbonyl (C=O) groups excluding carboxylic acids is 2. The first-order chi connectivity index (χ1) is 10.0. The summed E-state index contributed by atoms with van der Waals surface area (Å²) in [4.78, 5) is 34.2. The first-order valence-electron chi connectivity index (χ1n) is 6.95. The number of carboxylic acids is 1. The standard InChI is InChI=1S/C15H18N2O4/c18-12(13(19)20)16-14(21)15(9-5-2-6-10-15)17-11-7-3-1-4-8-11/h1,3-4,7-8,17H,2,5-6,9-10H2,(H,19,20)(H,16,18,21). The Morgan fingerprint density at radius 2 is 1.62 bits per heavy atom. The fraction of sp³-hybridized carbons (Fsp3) is 0.400. The highest BCUT2D eigenvalue weighted by molar-refractivity contribution is 6.35. The number of carbonyl (C=O) groups is 3. The van der Waals surface area contributed by atoms with Crippen LogP contribution in [0.2, 0.25) is 0 Å². The van der Waals surface area contributed by atoms with Gasteiger partial charge in [0.25, 0.3) is 5.91 Å². The third-order valence-corrected chi connectivity index (χ3v) is 3.72. The van der Waals surface area contributed by atoms with Crippen molar-refractivity contribution in [2.24, 2.45) is 0 Å². The van der Waals surface area contributed by atoms with Gasteiger partial charge in [-0.05, 0) is 25.0 Å². The number of nitrogens with one attached hydrogen (secondary N) is 2. The van der Waals surface area contributed by atoms with Crippen LogP contribution in [0, 0.1) is 0 Å². The molecule has 2 rings (SSSR count). The average molecular weight is 290 g/mol. The van der Waals surface area contributed by atoms with Gasteiger partial charge >= 0.3 is 11.9 Å². The zero-order chi connectivity index (χ0) is 15.3. The molecule has 0 atom stereocenters. The summed E-state index contributed by atoms with van der Waals surface area (Å²) in [6, 6.07) is 9.23. The fourth-order valence-corrected chi connectivity index (χ4v) is 2.64. The van der Waals surface area contributed by atoms with Crippen LogP contribution in [-0.4, -0.2) is 28.4 Å². The first kappa shape index (κ1) is 15.0. The minimum Gasteiger partial charge on any atom is -0.474 e. The molecule has 0 aromatic heterocycles. The molecule has 21 heavy (non-hydrogen) atoms. The Labute approximate surface area is 122 Å². The van der Waals surface area contributed by atoms with Crippen molar-refractivity contribution in [1.29, 1.82) is 0 Å². The molecule has 3 N–H and O–H groups in total. The zero-order valence-corrected chi connectivity index (χ0v) is 11.6. The van der Waals surface area contributed by atoms with Crippen LogP contribution < -0.4 is 10.6 Å². The molecule has 6 heteroatoms. The van der Waals surface area contributed by atoms with E-state index in [-0.39, 0.29) is 0 Å². The molecule has 1 aliphatic carbocycles. The summed E-state index contributed by atoms with van der Waals surface area (Å²) in [6.07, 6.45) is 3.88. The Hall–Kier alpha value is -2.37. The van der Waals surface area contributed by atoms with Gasteiger partial charge in [-0.25, -0.2) is 4.79 Å². The molecule has 0 unspecified atom stereocenters. The molecule has 0 heterocycles. The van der Waals surface area contributed by atoms with Crippen LogP contribution in [0.4, 0.5) is 5.69 Å². The second-order valence-corrected chi connectivity index (χ2v) is 5.22. The van der Waals surface area contributed by atoms with E-state index < -0.39 is 23.3 Å². The van der Waals surface area contributed by atoms with Crippen LogP contribution in [0.3, 0.4) is 0 Å². The number of amides is 2. The molecule has 1 aliphatic rings. The van der Waals surface area contributed by atoms with E-state index in [2.05, 4.69) is 5.32 Å². The van der Waals surface area contributed by atoms with Crippen molar-refractivity contribution in [3.63, 3.8) is 0 Å². The summed E-state index contributed by atoms with van der Waals surface area (Å²) >= 11 is 0. The minimum absolute atomic E-state index is 0.570. The van der Waals surface area contributed by atoms with E-state index in [0.29, 0.717) is 12.8 Å². The van der Waals surface area contributed by atoms with E-state index in [1.807, 2.05) is 35.6 Å². The number of rotatable bonds is 3. The van der Waals surface area contributed by atoms with E-state index in [1.54, 1.807) is 0 Å². The number of hydrogen-bond acceptors (Lipinski definition) is 4. The largest absolute Gasteiger partial charge is 0.474 e. The average Bonchev–Trinajstić information content (AvgIpc) is 2.49. The summed E-state index contributed by atoms with van der Waals surface area (Å²) in [5, 5.41) is 13.8. The van der Waals surface area contributed by atoms with Gasteiger partial charge < -0.3 is 10.4 Å². The molecule has 0 spiro atoms. The van der Waals surface area contributed by atoms with Crippen molar-refractivity contribution in [2.75, 3.05) is 5.32 Å². The van der Waals surface area contributed by atoms with Crippen LogP contribution >= 0.6 is 0 Å². The van der Waals surface area contributed by atoms with E-state index in [4.69, 9.17) is 5.11 Å². The highest BCUT2D eigenvalue weighted by atomic mass is 16.4. The fourth-order valence-electron chi connectivity index (χ4n) is 2.64. The van der Waals surface area contributed by atoms with E-state index in [1.165, 1.54) is 0 Å². The lowest BCUT2D eigenvalue weighted by Gasteiger charge is -2.37. The molecule has 2 amide bonds. The Bertz CT molecular complexity index is 536. The number of aliphatic carboxylic acids is 1. The lowest BCUT2D eigenvalue weighted by molar-refractivity contribution is -0.152. The van der Waals surface area contributed by atoms with Crippen molar-refractivity contribution in [3.8, 4) is 0 Å². The summed E-state index contributed by atoms with van der Waals surface area (Å²) in [7, 11) is 0. The van der Waals surface area contributed by atoms with Crippen molar-refractivity contribution >= 4 is 23.5 Å². The summed E-state index contributed by atoms with van der Waals surface area (Å²) in [5.41, 5.74) is -0.151.